The Morgan fingerprint density at radius 2 is 1.81 bits per heavy atom. The topological polar surface area (TPSA) is 45.0 Å². The van der Waals surface area contributed by atoms with Gasteiger partial charge in [-0.05, 0) is 54.7 Å². The molecule has 0 bridgehead atoms. The molecule has 21 heavy (non-hydrogen) atoms. The van der Waals surface area contributed by atoms with Gasteiger partial charge in [0.05, 0.1) is 18.7 Å². The molecule has 3 rings (SSSR count). The number of ether oxygens (including phenoxy) is 1. The largest absolute Gasteiger partial charge is 0.496 e. The predicted molar refractivity (Wildman–Crippen MR) is 83.5 cm³/mol. The first-order valence-corrected chi connectivity index (χ1v) is 7.20. The Morgan fingerprint density at radius 1 is 1.10 bits per heavy atom. The van der Waals surface area contributed by atoms with Crippen molar-refractivity contribution < 1.29 is 4.74 Å². The number of nitrogens with zero attached hydrogens (tertiary/aromatic N) is 1. The van der Waals surface area contributed by atoms with Gasteiger partial charge in [-0.25, -0.2) is 0 Å². The Morgan fingerprint density at radius 3 is 2.48 bits per heavy atom. The van der Waals surface area contributed by atoms with Crippen LogP contribution in [-0.2, 0) is 0 Å². The third-order valence-electron chi connectivity index (χ3n) is 4.10. The lowest BCUT2D eigenvalue weighted by Crippen LogP contribution is -2.34. The number of rotatable bonds is 4. The fourth-order valence-electron chi connectivity index (χ4n) is 2.87. The lowest BCUT2D eigenvalue weighted by Gasteiger charge is -2.37. The summed E-state index contributed by atoms with van der Waals surface area (Å²) in [5, 5.41) is 12.3. The minimum atomic E-state index is 0.493. The lowest BCUT2D eigenvalue weighted by atomic mass is 9.75. The van der Waals surface area contributed by atoms with Crippen LogP contribution in [0.15, 0.2) is 48.5 Å². The van der Waals surface area contributed by atoms with Crippen LogP contribution in [0.5, 0.6) is 5.75 Å². The molecule has 1 aliphatic carbocycles. The highest BCUT2D eigenvalue weighted by atomic mass is 16.5. The van der Waals surface area contributed by atoms with E-state index in [-0.39, 0.29) is 0 Å². The van der Waals surface area contributed by atoms with Gasteiger partial charge in [-0.3, -0.25) is 0 Å². The maximum Gasteiger partial charge on any atom is 0.122 e. The Labute approximate surface area is 125 Å². The third kappa shape index (κ3) is 2.85. The summed E-state index contributed by atoms with van der Waals surface area (Å²) in [5.74, 6) is 1.55. The summed E-state index contributed by atoms with van der Waals surface area (Å²) in [6.07, 6.45) is 2.22. The highest BCUT2D eigenvalue weighted by Crippen LogP contribution is 2.42. The Bertz CT molecular complexity index is 652. The van der Waals surface area contributed by atoms with Gasteiger partial charge in [0, 0.05) is 11.7 Å². The second-order valence-corrected chi connectivity index (χ2v) is 5.44. The van der Waals surface area contributed by atoms with E-state index in [1.54, 1.807) is 7.11 Å². The van der Waals surface area contributed by atoms with E-state index in [9.17, 15) is 0 Å². The van der Waals surface area contributed by atoms with Crippen molar-refractivity contribution in [2.24, 2.45) is 0 Å². The minimum absolute atomic E-state index is 0.493. The Kier molecular flexibility index (Phi) is 3.79. The number of hydrogen-bond donors (Lipinski definition) is 1. The molecule has 0 spiro atoms. The molecular formula is C18H18N2O. The molecule has 0 aromatic heterocycles. The van der Waals surface area contributed by atoms with E-state index in [0.29, 0.717) is 17.5 Å². The van der Waals surface area contributed by atoms with Crippen molar-refractivity contribution >= 4 is 5.69 Å². The molecule has 1 saturated carbocycles. The van der Waals surface area contributed by atoms with Crippen LogP contribution in [0.3, 0.4) is 0 Å². The smallest absolute Gasteiger partial charge is 0.122 e. The van der Waals surface area contributed by atoms with Crippen LogP contribution in [0, 0.1) is 11.3 Å². The van der Waals surface area contributed by atoms with Crippen molar-refractivity contribution in [3.8, 4) is 11.8 Å². The van der Waals surface area contributed by atoms with E-state index in [1.165, 1.54) is 5.56 Å². The average molecular weight is 278 g/mol. The van der Waals surface area contributed by atoms with Gasteiger partial charge >= 0.3 is 0 Å². The van der Waals surface area contributed by atoms with Crippen molar-refractivity contribution in [2.45, 2.75) is 24.8 Å². The number of nitrogens with one attached hydrogen (secondary N) is 1. The molecule has 0 radical (unpaired) electrons. The van der Waals surface area contributed by atoms with Gasteiger partial charge in [-0.15, -0.1) is 0 Å². The van der Waals surface area contributed by atoms with E-state index < -0.39 is 0 Å². The van der Waals surface area contributed by atoms with Crippen LogP contribution in [0.2, 0.25) is 0 Å². The minimum Gasteiger partial charge on any atom is -0.496 e. The summed E-state index contributed by atoms with van der Waals surface area (Å²) in [6.45, 7) is 0. The Hall–Kier alpha value is -2.47. The first kappa shape index (κ1) is 13.5. The summed E-state index contributed by atoms with van der Waals surface area (Å²) < 4.78 is 5.43. The number of nitriles is 1. The van der Waals surface area contributed by atoms with Gasteiger partial charge in [-0.1, -0.05) is 18.2 Å². The number of hydrogen-bond acceptors (Lipinski definition) is 3. The van der Waals surface area contributed by atoms with Crippen LogP contribution >= 0.6 is 0 Å². The van der Waals surface area contributed by atoms with Crippen molar-refractivity contribution in [2.75, 3.05) is 12.4 Å². The fraction of sp³-hybridized carbons (Fsp3) is 0.278. The van der Waals surface area contributed by atoms with Gasteiger partial charge in [-0.2, -0.15) is 5.26 Å². The van der Waals surface area contributed by atoms with Gasteiger partial charge in [0.2, 0.25) is 0 Å². The van der Waals surface area contributed by atoms with Crippen molar-refractivity contribution in [1.82, 2.24) is 0 Å². The number of anilines is 1. The van der Waals surface area contributed by atoms with Crippen molar-refractivity contribution in [1.29, 1.82) is 5.26 Å². The van der Waals surface area contributed by atoms with Crippen LogP contribution < -0.4 is 10.1 Å². The summed E-state index contributed by atoms with van der Waals surface area (Å²) >= 11 is 0. The van der Waals surface area contributed by atoms with Crippen LogP contribution in [0.25, 0.3) is 0 Å². The van der Waals surface area contributed by atoms with Gasteiger partial charge in [0.15, 0.2) is 0 Å². The molecule has 1 aliphatic rings. The molecule has 1 N–H and O–H groups in total. The van der Waals surface area contributed by atoms with Crippen LogP contribution in [0.4, 0.5) is 5.69 Å². The molecule has 2 aromatic rings. The van der Waals surface area contributed by atoms with Gasteiger partial charge < -0.3 is 10.1 Å². The average Bonchev–Trinajstić information content (AvgIpc) is 2.51. The summed E-state index contributed by atoms with van der Waals surface area (Å²) in [7, 11) is 1.73. The molecule has 1 fully saturated rings. The molecule has 0 aliphatic heterocycles. The molecule has 0 saturated heterocycles. The molecule has 0 heterocycles. The van der Waals surface area contributed by atoms with Crippen LogP contribution in [-0.4, -0.2) is 13.2 Å². The van der Waals surface area contributed by atoms with Gasteiger partial charge in [0.25, 0.3) is 0 Å². The normalized spacial score (nSPS) is 20.2. The lowest BCUT2D eigenvalue weighted by molar-refractivity contribution is 0.350. The molecule has 106 valence electrons. The van der Waals surface area contributed by atoms with Crippen LogP contribution in [0.1, 0.15) is 29.9 Å². The second kappa shape index (κ2) is 5.88. The summed E-state index contributed by atoms with van der Waals surface area (Å²) in [6, 6.07) is 18.5. The zero-order valence-electron chi connectivity index (χ0n) is 12.0. The highest BCUT2D eigenvalue weighted by molar-refractivity contribution is 5.49. The molecular weight excluding hydrogens is 260 g/mol. The third-order valence-corrected chi connectivity index (χ3v) is 4.10. The van der Waals surface area contributed by atoms with E-state index in [0.717, 1.165) is 24.3 Å². The van der Waals surface area contributed by atoms with E-state index >= 15 is 0 Å². The monoisotopic (exact) mass is 278 g/mol. The fourth-order valence-corrected chi connectivity index (χ4v) is 2.87. The number of methoxy groups -OCH3 is 1. The first-order valence-electron chi connectivity index (χ1n) is 7.20. The van der Waals surface area contributed by atoms with E-state index in [1.807, 2.05) is 36.4 Å². The first-order chi connectivity index (χ1) is 10.3. The quantitative estimate of drug-likeness (QED) is 0.921. The SMILES string of the molecule is COc1ccccc1C1CC(Nc2ccc(C#N)cc2)C1. The molecule has 0 unspecified atom stereocenters. The maximum atomic E-state index is 8.80. The number of benzene rings is 2. The molecule has 2 aromatic carbocycles. The Balaban J connectivity index is 1.59. The van der Waals surface area contributed by atoms with Gasteiger partial charge in [0.1, 0.15) is 5.75 Å². The van der Waals surface area contributed by atoms with Crippen molar-refractivity contribution in [3.05, 3.63) is 59.7 Å². The van der Waals surface area contributed by atoms with E-state index in [4.69, 9.17) is 10.00 Å². The molecule has 3 heteroatoms. The molecule has 3 nitrogen and oxygen atoms in total. The van der Waals surface area contributed by atoms with Crippen molar-refractivity contribution in [3.63, 3.8) is 0 Å². The predicted octanol–water partition coefficient (Wildman–Crippen LogP) is 3.92. The second-order valence-electron chi connectivity index (χ2n) is 5.44. The molecule has 0 amide bonds. The summed E-state index contributed by atoms with van der Waals surface area (Å²) in [4.78, 5) is 0. The maximum absolute atomic E-state index is 8.80. The highest BCUT2D eigenvalue weighted by Gasteiger charge is 2.31. The summed E-state index contributed by atoms with van der Waals surface area (Å²) in [5.41, 5.74) is 3.08. The zero-order valence-corrected chi connectivity index (χ0v) is 12.0. The van der Waals surface area contributed by atoms with E-state index in [2.05, 4.69) is 23.5 Å². The molecule has 0 atom stereocenters. The number of para-hydroxylation sites is 1. The zero-order chi connectivity index (χ0) is 14.7. The standard InChI is InChI=1S/C18H18N2O/c1-21-18-5-3-2-4-17(18)14-10-16(11-14)20-15-8-6-13(12-19)7-9-15/h2-9,14,16,20H,10-11H2,1H3.